The van der Waals surface area contributed by atoms with Crippen LogP contribution in [0.3, 0.4) is 0 Å². The van der Waals surface area contributed by atoms with Crippen LogP contribution in [0.4, 0.5) is 5.69 Å². The first-order chi connectivity index (χ1) is 16.8. The van der Waals surface area contributed by atoms with Crippen LogP contribution in [0.1, 0.15) is 84.6 Å². The van der Waals surface area contributed by atoms with E-state index in [4.69, 9.17) is 11.6 Å². The number of anilines is 1. The molecule has 0 radical (unpaired) electrons. The van der Waals surface area contributed by atoms with Gasteiger partial charge in [-0.15, -0.1) is 0 Å². The van der Waals surface area contributed by atoms with Crippen LogP contribution in [0.5, 0.6) is 0 Å². The van der Waals surface area contributed by atoms with Gasteiger partial charge in [0.15, 0.2) is 0 Å². The van der Waals surface area contributed by atoms with Crippen molar-refractivity contribution >= 4 is 23.2 Å². The molecule has 7 heteroatoms. The van der Waals surface area contributed by atoms with Crippen molar-refractivity contribution in [2.24, 2.45) is 0 Å². The lowest BCUT2D eigenvalue weighted by Gasteiger charge is -2.41. The highest BCUT2D eigenvalue weighted by atomic mass is 35.5. The zero-order valence-electron chi connectivity index (χ0n) is 21.5. The number of nitrogens with zero attached hydrogens (tertiary/aromatic N) is 1. The first-order valence-corrected chi connectivity index (χ1v) is 13.4. The molecule has 6 nitrogen and oxygen atoms in total. The van der Waals surface area contributed by atoms with E-state index in [9.17, 15) is 9.59 Å². The Morgan fingerprint density at radius 2 is 1.74 bits per heavy atom. The van der Waals surface area contributed by atoms with Gasteiger partial charge in [0, 0.05) is 58.7 Å². The molecular weight excluding hydrogens is 460 g/mol. The van der Waals surface area contributed by atoms with Crippen molar-refractivity contribution in [2.75, 3.05) is 11.4 Å². The number of hydrogen-bond acceptors (Lipinski definition) is 4. The molecule has 2 aromatic rings. The second-order valence-electron chi connectivity index (χ2n) is 10.3. The van der Waals surface area contributed by atoms with E-state index in [1.165, 1.54) is 32.1 Å². The molecule has 2 aliphatic rings. The molecule has 2 fully saturated rings. The zero-order chi connectivity index (χ0) is 25.1. The molecule has 0 bridgehead atoms. The number of aryl methyl sites for hydroxylation is 2. The number of rotatable bonds is 8. The summed E-state index contributed by atoms with van der Waals surface area (Å²) in [5.74, 6) is -0.213. The summed E-state index contributed by atoms with van der Waals surface area (Å²) in [6.07, 6.45) is 8.67. The smallest absolute Gasteiger partial charge is 0.253 e. The van der Waals surface area contributed by atoms with Gasteiger partial charge in [0.2, 0.25) is 0 Å². The molecule has 0 spiro atoms. The van der Waals surface area contributed by atoms with E-state index in [2.05, 4.69) is 27.4 Å². The maximum Gasteiger partial charge on any atom is 0.253 e. The summed E-state index contributed by atoms with van der Waals surface area (Å²) in [5.41, 5.74) is 4.62. The lowest BCUT2D eigenvalue weighted by atomic mass is 9.86. The summed E-state index contributed by atoms with van der Waals surface area (Å²) >= 11 is 6.52. The number of nitrogens with one attached hydrogen (secondary N) is 3. The van der Waals surface area contributed by atoms with Crippen molar-refractivity contribution in [1.82, 2.24) is 15.6 Å². The second kappa shape index (κ2) is 11.2. The van der Waals surface area contributed by atoms with Gasteiger partial charge < -0.3 is 20.5 Å². The summed E-state index contributed by atoms with van der Waals surface area (Å²) in [5, 5.41) is 7.33. The van der Waals surface area contributed by atoms with Crippen molar-refractivity contribution < 1.29 is 4.79 Å². The van der Waals surface area contributed by atoms with Crippen LogP contribution in [0.25, 0.3) is 0 Å². The fourth-order valence-electron chi connectivity index (χ4n) is 5.65. The van der Waals surface area contributed by atoms with Crippen LogP contribution in [-0.4, -0.2) is 35.6 Å². The minimum absolute atomic E-state index is 0.161. The van der Waals surface area contributed by atoms with Crippen LogP contribution in [0, 0.1) is 20.8 Å². The lowest BCUT2D eigenvalue weighted by Crippen LogP contribution is -2.47. The Labute approximate surface area is 213 Å². The molecule has 1 heterocycles. The van der Waals surface area contributed by atoms with Gasteiger partial charge in [0.05, 0.1) is 0 Å². The fraction of sp³-hybridized carbons (Fsp3) is 0.571. The first-order valence-electron chi connectivity index (χ1n) is 13.1. The van der Waals surface area contributed by atoms with Gasteiger partial charge in [-0.1, -0.05) is 18.0 Å². The van der Waals surface area contributed by atoms with Crippen LogP contribution in [-0.2, 0) is 6.54 Å². The SMILES string of the molecule is CCN(c1cc(Cl)cc(C(=O)NCc2c(C)cc(C)[nH]c2=O)c1C)[C@H]1CC[C@H](NC2CCC2)CC1. The molecule has 0 saturated heterocycles. The summed E-state index contributed by atoms with van der Waals surface area (Å²) < 4.78 is 0. The molecule has 1 aromatic carbocycles. The minimum atomic E-state index is -0.213. The van der Waals surface area contributed by atoms with Crippen molar-refractivity contribution in [2.45, 2.75) is 97.3 Å². The summed E-state index contributed by atoms with van der Waals surface area (Å²) in [6.45, 7) is 8.96. The Kier molecular flexibility index (Phi) is 8.23. The van der Waals surface area contributed by atoms with Gasteiger partial charge in [0.1, 0.15) is 0 Å². The average Bonchev–Trinajstić information content (AvgIpc) is 2.78. The van der Waals surface area contributed by atoms with Gasteiger partial charge in [-0.2, -0.15) is 0 Å². The number of pyridine rings is 1. The molecule has 0 unspecified atom stereocenters. The second-order valence-corrected chi connectivity index (χ2v) is 10.7. The molecule has 3 N–H and O–H groups in total. The molecule has 190 valence electrons. The molecule has 35 heavy (non-hydrogen) atoms. The minimum Gasteiger partial charge on any atom is -0.369 e. The Balaban J connectivity index is 1.47. The normalized spacial score (nSPS) is 20.4. The number of carbonyl (C=O) groups excluding carboxylic acids is 1. The number of hydrogen-bond donors (Lipinski definition) is 3. The molecular formula is C28H39ClN4O2. The number of carbonyl (C=O) groups is 1. The molecule has 0 aliphatic heterocycles. The van der Waals surface area contributed by atoms with E-state index in [1.54, 1.807) is 6.07 Å². The largest absolute Gasteiger partial charge is 0.369 e. The van der Waals surface area contributed by atoms with Crippen molar-refractivity contribution in [1.29, 1.82) is 0 Å². The highest BCUT2D eigenvalue weighted by molar-refractivity contribution is 6.31. The molecule has 2 aliphatic carbocycles. The topological polar surface area (TPSA) is 77.2 Å². The van der Waals surface area contributed by atoms with E-state index in [0.717, 1.165) is 47.9 Å². The number of aromatic amines is 1. The Morgan fingerprint density at radius 3 is 2.34 bits per heavy atom. The van der Waals surface area contributed by atoms with Crippen molar-refractivity contribution in [3.8, 4) is 0 Å². The third-order valence-electron chi connectivity index (χ3n) is 7.87. The number of halogens is 1. The van der Waals surface area contributed by atoms with Crippen molar-refractivity contribution in [3.05, 3.63) is 61.5 Å². The summed E-state index contributed by atoms with van der Waals surface area (Å²) in [6, 6.07) is 7.45. The van der Waals surface area contributed by atoms with Crippen LogP contribution in [0.15, 0.2) is 23.0 Å². The standard InChI is InChI=1S/C28H39ClN4O2/c1-5-33(23-11-9-22(10-12-23)32-21-7-6-8-21)26-15-20(29)14-24(19(26)4)27(34)30-16-25-17(2)13-18(3)31-28(25)35/h13-15,21-23,32H,5-12,16H2,1-4H3,(H,30,34)(H,31,35)/t22-,23-. The molecule has 1 aromatic heterocycles. The maximum atomic E-state index is 13.2. The quantitative estimate of drug-likeness (QED) is 0.469. The van der Waals surface area contributed by atoms with E-state index in [-0.39, 0.29) is 18.0 Å². The summed E-state index contributed by atoms with van der Waals surface area (Å²) in [4.78, 5) is 30.8. The predicted molar refractivity (Wildman–Crippen MR) is 144 cm³/mol. The average molecular weight is 499 g/mol. The monoisotopic (exact) mass is 498 g/mol. The van der Waals surface area contributed by atoms with Gasteiger partial charge >= 0.3 is 0 Å². The molecule has 0 atom stereocenters. The molecule has 2 saturated carbocycles. The first kappa shape index (κ1) is 25.8. The van der Waals surface area contributed by atoms with E-state index >= 15 is 0 Å². The number of benzene rings is 1. The number of H-pyrrole nitrogens is 1. The van der Waals surface area contributed by atoms with Gasteiger partial charge in [-0.3, -0.25) is 9.59 Å². The third kappa shape index (κ3) is 5.92. The fourth-order valence-corrected chi connectivity index (χ4v) is 5.86. The highest BCUT2D eigenvalue weighted by Crippen LogP contribution is 2.34. The van der Waals surface area contributed by atoms with Gasteiger partial charge in [-0.05, 0) is 95.5 Å². The van der Waals surface area contributed by atoms with Crippen LogP contribution in [0.2, 0.25) is 5.02 Å². The zero-order valence-corrected chi connectivity index (χ0v) is 22.2. The van der Waals surface area contributed by atoms with Crippen LogP contribution < -0.4 is 21.1 Å². The molecule has 1 amide bonds. The number of aromatic nitrogens is 1. The van der Waals surface area contributed by atoms with E-state index < -0.39 is 0 Å². The Morgan fingerprint density at radius 1 is 1.06 bits per heavy atom. The lowest BCUT2D eigenvalue weighted by molar-refractivity contribution is 0.0950. The van der Waals surface area contributed by atoms with Gasteiger partial charge in [-0.25, -0.2) is 0 Å². The Bertz CT molecular complexity index is 1120. The summed E-state index contributed by atoms with van der Waals surface area (Å²) in [7, 11) is 0. The maximum absolute atomic E-state index is 13.2. The van der Waals surface area contributed by atoms with E-state index in [1.807, 2.05) is 32.9 Å². The predicted octanol–water partition coefficient (Wildman–Crippen LogP) is 5.16. The van der Waals surface area contributed by atoms with Crippen molar-refractivity contribution in [3.63, 3.8) is 0 Å². The Hall–Kier alpha value is -2.31. The van der Waals surface area contributed by atoms with Gasteiger partial charge in [0.25, 0.3) is 11.5 Å². The van der Waals surface area contributed by atoms with Crippen LogP contribution >= 0.6 is 11.6 Å². The molecule has 4 rings (SSSR count). The third-order valence-corrected chi connectivity index (χ3v) is 8.09. The van der Waals surface area contributed by atoms with E-state index in [0.29, 0.717) is 28.2 Å². The highest BCUT2D eigenvalue weighted by Gasteiger charge is 2.29. The number of amides is 1.